The molecule has 0 spiro atoms. The SMILES string of the molecule is C[N+]1(CCOCc2ccccc2)CC[C@H](COC(=O)C(O)(c2ccccc2)c2ccccc2)C1. The van der Waals surface area contributed by atoms with Crippen molar-refractivity contribution < 1.29 is 23.9 Å². The molecular weight excluding hydrogens is 426 g/mol. The lowest BCUT2D eigenvalue weighted by Crippen LogP contribution is -2.44. The molecule has 3 aromatic carbocycles. The van der Waals surface area contributed by atoms with E-state index in [4.69, 9.17) is 9.47 Å². The average molecular weight is 461 g/mol. The van der Waals surface area contributed by atoms with Crippen LogP contribution in [-0.4, -0.2) is 55.5 Å². The van der Waals surface area contributed by atoms with Crippen LogP contribution in [0.2, 0.25) is 0 Å². The lowest BCUT2D eigenvalue weighted by molar-refractivity contribution is -0.899. The van der Waals surface area contributed by atoms with Crippen molar-refractivity contribution in [3.63, 3.8) is 0 Å². The second-order valence-electron chi connectivity index (χ2n) is 9.48. The number of likely N-dealkylation sites (N-methyl/N-ethyl adjacent to an activating group) is 1. The van der Waals surface area contributed by atoms with Crippen molar-refractivity contribution in [3.05, 3.63) is 108 Å². The summed E-state index contributed by atoms with van der Waals surface area (Å²) in [6, 6.07) is 28.2. The molecule has 1 heterocycles. The number of aliphatic hydroxyl groups is 1. The number of likely N-dealkylation sites (tertiary alicyclic amines) is 1. The molecule has 1 saturated heterocycles. The van der Waals surface area contributed by atoms with Gasteiger partial charge in [-0.25, -0.2) is 4.79 Å². The Morgan fingerprint density at radius 3 is 2.09 bits per heavy atom. The molecule has 0 aromatic heterocycles. The third-order valence-corrected chi connectivity index (χ3v) is 6.79. The Balaban J connectivity index is 1.31. The molecule has 3 aromatic rings. The molecule has 5 heteroatoms. The first-order chi connectivity index (χ1) is 16.5. The monoisotopic (exact) mass is 460 g/mol. The van der Waals surface area contributed by atoms with E-state index in [0.717, 1.165) is 30.5 Å². The fraction of sp³-hybridized carbons (Fsp3) is 0.345. The summed E-state index contributed by atoms with van der Waals surface area (Å²) >= 11 is 0. The number of esters is 1. The van der Waals surface area contributed by atoms with E-state index >= 15 is 0 Å². The normalized spacial score (nSPS) is 20.2. The maximum absolute atomic E-state index is 13.2. The second-order valence-corrected chi connectivity index (χ2v) is 9.48. The number of carbonyl (C=O) groups is 1. The number of rotatable bonds is 10. The summed E-state index contributed by atoms with van der Waals surface area (Å²) in [5.41, 5.74) is 0.369. The van der Waals surface area contributed by atoms with Gasteiger partial charge in [-0.1, -0.05) is 91.0 Å². The summed E-state index contributed by atoms with van der Waals surface area (Å²) < 4.78 is 12.5. The summed E-state index contributed by atoms with van der Waals surface area (Å²) in [6.07, 6.45) is 0.984. The van der Waals surface area contributed by atoms with Crippen LogP contribution in [0.15, 0.2) is 91.0 Å². The van der Waals surface area contributed by atoms with E-state index in [0.29, 0.717) is 30.9 Å². The highest BCUT2D eigenvalue weighted by molar-refractivity contribution is 5.85. The van der Waals surface area contributed by atoms with Crippen molar-refractivity contribution in [2.45, 2.75) is 18.6 Å². The Labute approximate surface area is 202 Å². The Morgan fingerprint density at radius 1 is 0.941 bits per heavy atom. The van der Waals surface area contributed by atoms with Gasteiger partial charge in [0.25, 0.3) is 0 Å². The maximum atomic E-state index is 13.2. The molecule has 0 bridgehead atoms. The quantitative estimate of drug-likeness (QED) is 0.281. The molecule has 0 amide bonds. The smallest absolute Gasteiger partial charge is 0.347 e. The maximum Gasteiger partial charge on any atom is 0.347 e. The lowest BCUT2D eigenvalue weighted by atomic mass is 9.86. The number of hydrogen-bond acceptors (Lipinski definition) is 4. The van der Waals surface area contributed by atoms with Crippen LogP contribution in [0.4, 0.5) is 0 Å². The summed E-state index contributed by atoms with van der Waals surface area (Å²) in [6.45, 7) is 4.50. The van der Waals surface area contributed by atoms with E-state index in [2.05, 4.69) is 19.2 Å². The van der Waals surface area contributed by atoms with Crippen LogP contribution in [0.25, 0.3) is 0 Å². The van der Waals surface area contributed by atoms with Crippen LogP contribution in [-0.2, 0) is 26.5 Å². The molecule has 2 atom stereocenters. The Bertz CT molecular complexity index is 1000. The highest BCUT2D eigenvalue weighted by Gasteiger charge is 2.43. The third-order valence-electron chi connectivity index (χ3n) is 6.79. The standard InChI is InChI=1S/C29H34NO4/c1-30(19-20-33-22-24-11-5-2-6-12-24)18-17-25(21-30)23-34-28(31)29(32,26-13-7-3-8-14-26)27-15-9-4-10-16-27/h2-16,25,32H,17-23H2,1H3/q+1/t25-,30?/m0/s1. The van der Waals surface area contributed by atoms with E-state index in [1.807, 2.05) is 54.6 Å². The molecule has 5 nitrogen and oxygen atoms in total. The Morgan fingerprint density at radius 2 is 1.50 bits per heavy atom. The molecule has 1 N–H and O–H groups in total. The summed E-state index contributed by atoms with van der Waals surface area (Å²) in [4.78, 5) is 13.2. The van der Waals surface area contributed by atoms with Gasteiger partial charge in [-0.3, -0.25) is 0 Å². The van der Waals surface area contributed by atoms with Crippen molar-refractivity contribution in [2.24, 2.45) is 5.92 Å². The first-order valence-electron chi connectivity index (χ1n) is 12.0. The molecule has 34 heavy (non-hydrogen) atoms. The topological polar surface area (TPSA) is 55.8 Å². The first kappa shape index (κ1) is 24.1. The molecule has 4 rings (SSSR count). The van der Waals surface area contributed by atoms with Gasteiger partial charge in [-0.05, 0) is 16.7 Å². The Hall–Kier alpha value is -2.99. The van der Waals surface area contributed by atoms with Crippen molar-refractivity contribution in [3.8, 4) is 0 Å². The van der Waals surface area contributed by atoms with E-state index in [1.54, 1.807) is 24.3 Å². The van der Waals surface area contributed by atoms with Crippen LogP contribution < -0.4 is 0 Å². The van der Waals surface area contributed by atoms with Crippen LogP contribution in [0.1, 0.15) is 23.1 Å². The van der Waals surface area contributed by atoms with E-state index in [-0.39, 0.29) is 5.92 Å². The van der Waals surface area contributed by atoms with Gasteiger partial charge >= 0.3 is 5.97 Å². The summed E-state index contributed by atoms with van der Waals surface area (Å²) in [7, 11) is 2.23. The predicted octanol–water partition coefficient (Wildman–Crippen LogP) is 4.15. The van der Waals surface area contributed by atoms with Gasteiger partial charge in [-0.2, -0.15) is 0 Å². The fourth-order valence-corrected chi connectivity index (χ4v) is 4.75. The van der Waals surface area contributed by atoms with Crippen LogP contribution in [0, 0.1) is 5.92 Å². The van der Waals surface area contributed by atoms with Crippen molar-refractivity contribution in [2.75, 3.05) is 39.9 Å². The molecule has 0 aliphatic carbocycles. The number of benzene rings is 3. The van der Waals surface area contributed by atoms with Crippen molar-refractivity contribution >= 4 is 5.97 Å². The van der Waals surface area contributed by atoms with Crippen LogP contribution in [0.3, 0.4) is 0 Å². The zero-order valence-corrected chi connectivity index (χ0v) is 19.8. The number of hydrogen-bond donors (Lipinski definition) is 1. The molecule has 1 fully saturated rings. The van der Waals surface area contributed by atoms with E-state index in [9.17, 15) is 9.90 Å². The lowest BCUT2D eigenvalue weighted by Gasteiger charge is -2.30. The minimum absolute atomic E-state index is 0.263. The van der Waals surface area contributed by atoms with Gasteiger partial charge < -0.3 is 19.1 Å². The van der Waals surface area contributed by atoms with Gasteiger partial charge in [0.1, 0.15) is 6.54 Å². The van der Waals surface area contributed by atoms with E-state index < -0.39 is 11.6 Å². The third kappa shape index (κ3) is 5.73. The zero-order chi connectivity index (χ0) is 23.9. The van der Waals surface area contributed by atoms with Crippen LogP contribution >= 0.6 is 0 Å². The fourth-order valence-electron chi connectivity index (χ4n) is 4.75. The molecule has 0 saturated carbocycles. The predicted molar refractivity (Wildman–Crippen MR) is 132 cm³/mol. The minimum Gasteiger partial charge on any atom is -0.462 e. The minimum atomic E-state index is -1.83. The molecule has 0 radical (unpaired) electrons. The highest BCUT2D eigenvalue weighted by atomic mass is 16.5. The van der Waals surface area contributed by atoms with E-state index in [1.165, 1.54) is 5.56 Å². The molecular formula is C29H34NO4+. The summed E-state index contributed by atoms with van der Waals surface area (Å²) in [5.74, 6) is -0.365. The number of nitrogens with zero attached hydrogens (tertiary/aromatic N) is 1. The molecule has 178 valence electrons. The number of quaternary nitrogens is 1. The van der Waals surface area contributed by atoms with Gasteiger partial charge in [0, 0.05) is 12.3 Å². The van der Waals surface area contributed by atoms with Crippen LogP contribution in [0.5, 0.6) is 0 Å². The second kappa shape index (κ2) is 11.0. The highest BCUT2D eigenvalue weighted by Crippen LogP contribution is 2.32. The number of ether oxygens (including phenoxy) is 2. The first-order valence-corrected chi connectivity index (χ1v) is 12.0. The molecule has 1 unspecified atom stereocenters. The van der Waals surface area contributed by atoms with Gasteiger partial charge in [0.15, 0.2) is 0 Å². The summed E-state index contributed by atoms with van der Waals surface area (Å²) in [5, 5.41) is 11.5. The van der Waals surface area contributed by atoms with Crippen molar-refractivity contribution in [1.82, 2.24) is 0 Å². The molecule has 1 aliphatic heterocycles. The van der Waals surface area contributed by atoms with Gasteiger partial charge in [0.2, 0.25) is 5.60 Å². The average Bonchev–Trinajstić information content (AvgIpc) is 3.27. The van der Waals surface area contributed by atoms with Gasteiger partial charge in [-0.15, -0.1) is 0 Å². The zero-order valence-electron chi connectivity index (χ0n) is 19.8. The molecule has 1 aliphatic rings. The van der Waals surface area contributed by atoms with Crippen molar-refractivity contribution in [1.29, 1.82) is 0 Å². The largest absolute Gasteiger partial charge is 0.462 e. The van der Waals surface area contributed by atoms with Gasteiger partial charge in [0.05, 0.1) is 40.0 Å². The Kier molecular flexibility index (Phi) is 7.78. The number of carbonyl (C=O) groups excluding carboxylic acids is 1.